The third kappa shape index (κ3) is 4.82. The molecule has 3 rings (SSSR count). The highest BCUT2D eigenvalue weighted by Crippen LogP contribution is 2.18. The molecule has 1 aromatic carbocycles. The Morgan fingerprint density at radius 3 is 2.45 bits per heavy atom. The van der Waals surface area contributed by atoms with Crippen LogP contribution in [0, 0.1) is 12.8 Å². The van der Waals surface area contributed by atoms with Gasteiger partial charge >= 0.3 is 5.97 Å². The number of amides is 2. The van der Waals surface area contributed by atoms with Gasteiger partial charge in [-0.1, -0.05) is 30.3 Å². The number of nitrogens with zero attached hydrogens (tertiary/aromatic N) is 4. The van der Waals surface area contributed by atoms with E-state index in [2.05, 4.69) is 5.10 Å². The van der Waals surface area contributed by atoms with E-state index in [-0.39, 0.29) is 18.4 Å². The molecule has 29 heavy (non-hydrogen) atoms. The smallest absolute Gasteiger partial charge is 0.306 e. The zero-order valence-corrected chi connectivity index (χ0v) is 16.7. The van der Waals surface area contributed by atoms with Crippen molar-refractivity contribution in [2.24, 2.45) is 5.92 Å². The molecule has 8 nitrogen and oxygen atoms in total. The first kappa shape index (κ1) is 20.6. The number of piperidine rings is 1. The molecule has 154 valence electrons. The first-order valence-electron chi connectivity index (χ1n) is 9.69. The highest BCUT2D eigenvalue weighted by molar-refractivity contribution is 5.97. The van der Waals surface area contributed by atoms with Crippen molar-refractivity contribution in [2.75, 3.05) is 26.7 Å². The Hall–Kier alpha value is -3.16. The number of likely N-dealkylation sites (N-methyl/N-ethyl adjacent to an activating group) is 1. The Morgan fingerprint density at radius 1 is 1.17 bits per heavy atom. The topological polar surface area (TPSA) is 95.7 Å². The van der Waals surface area contributed by atoms with Crippen LogP contribution in [-0.2, 0) is 16.1 Å². The second-order valence-electron chi connectivity index (χ2n) is 7.44. The van der Waals surface area contributed by atoms with Crippen molar-refractivity contribution in [1.29, 1.82) is 0 Å². The molecule has 1 aliphatic rings. The van der Waals surface area contributed by atoms with Gasteiger partial charge in [0.25, 0.3) is 5.91 Å². The van der Waals surface area contributed by atoms with Crippen molar-refractivity contribution in [3.63, 3.8) is 0 Å². The highest BCUT2D eigenvalue weighted by Gasteiger charge is 2.28. The molecule has 0 unspecified atom stereocenters. The van der Waals surface area contributed by atoms with Gasteiger partial charge in [-0.3, -0.25) is 19.1 Å². The Kier molecular flexibility index (Phi) is 6.31. The number of likely N-dealkylation sites (tertiary alicyclic amines) is 1. The van der Waals surface area contributed by atoms with E-state index >= 15 is 0 Å². The standard InChI is InChI=1S/C21H26N4O4/c1-15-18(12-22-25(15)13-16-6-4-3-5-7-16)20(27)23(2)14-19(26)24-10-8-17(9-11-24)21(28)29/h3-7,12,17H,8-11,13-14H2,1-2H3,(H,28,29). The zero-order valence-electron chi connectivity index (χ0n) is 16.7. The van der Waals surface area contributed by atoms with E-state index in [9.17, 15) is 14.4 Å². The summed E-state index contributed by atoms with van der Waals surface area (Å²) in [4.78, 5) is 39.4. The quantitative estimate of drug-likeness (QED) is 0.798. The van der Waals surface area contributed by atoms with Crippen LogP contribution < -0.4 is 0 Å². The molecule has 2 amide bonds. The summed E-state index contributed by atoms with van der Waals surface area (Å²) in [6.45, 7) is 3.19. The van der Waals surface area contributed by atoms with Crippen LogP contribution in [0.4, 0.5) is 0 Å². The number of benzene rings is 1. The number of carbonyl (C=O) groups excluding carboxylic acids is 2. The van der Waals surface area contributed by atoms with E-state index in [1.807, 2.05) is 37.3 Å². The van der Waals surface area contributed by atoms with Crippen LogP contribution in [0.15, 0.2) is 36.5 Å². The summed E-state index contributed by atoms with van der Waals surface area (Å²) >= 11 is 0. The number of hydrogen-bond donors (Lipinski definition) is 1. The van der Waals surface area contributed by atoms with E-state index in [0.29, 0.717) is 38.0 Å². The van der Waals surface area contributed by atoms with Crippen LogP contribution in [-0.4, -0.2) is 69.2 Å². The predicted octanol–water partition coefficient (Wildman–Crippen LogP) is 1.64. The molecular weight excluding hydrogens is 372 g/mol. The minimum atomic E-state index is -0.813. The Morgan fingerprint density at radius 2 is 1.83 bits per heavy atom. The van der Waals surface area contributed by atoms with Crippen molar-refractivity contribution in [3.05, 3.63) is 53.3 Å². The molecular formula is C21H26N4O4. The van der Waals surface area contributed by atoms with Crippen LogP contribution in [0.5, 0.6) is 0 Å². The zero-order chi connectivity index (χ0) is 21.0. The second-order valence-corrected chi connectivity index (χ2v) is 7.44. The third-order valence-corrected chi connectivity index (χ3v) is 5.42. The average Bonchev–Trinajstić information content (AvgIpc) is 3.08. The fraction of sp³-hybridized carbons (Fsp3) is 0.429. The van der Waals surface area contributed by atoms with Crippen molar-refractivity contribution in [1.82, 2.24) is 19.6 Å². The molecule has 0 bridgehead atoms. The largest absolute Gasteiger partial charge is 0.481 e. The number of aromatic nitrogens is 2. The Balaban J connectivity index is 1.59. The van der Waals surface area contributed by atoms with Crippen LogP contribution in [0.25, 0.3) is 0 Å². The third-order valence-electron chi connectivity index (χ3n) is 5.42. The summed E-state index contributed by atoms with van der Waals surface area (Å²) in [6.07, 6.45) is 2.44. The molecule has 1 saturated heterocycles. The SMILES string of the molecule is Cc1c(C(=O)N(C)CC(=O)N2CCC(C(=O)O)CC2)cnn1Cc1ccccc1. The minimum Gasteiger partial charge on any atom is -0.481 e. The molecule has 1 aromatic heterocycles. The molecule has 1 fully saturated rings. The van der Waals surface area contributed by atoms with E-state index < -0.39 is 11.9 Å². The van der Waals surface area contributed by atoms with Gasteiger partial charge in [0, 0.05) is 25.8 Å². The van der Waals surface area contributed by atoms with Crippen molar-refractivity contribution < 1.29 is 19.5 Å². The maximum Gasteiger partial charge on any atom is 0.306 e. The van der Waals surface area contributed by atoms with Crippen LogP contribution >= 0.6 is 0 Å². The summed E-state index contributed by atoms with van der Waals surface area (Å²) in [5.41, 5.74) is 2.31. The van der Waals surface area contributed by atoms with Gasteiger partial charge in [0.15, 0.2) is 0 Å². The van der Waals surface area contributed by atoms with Crippen molar-refractivity contribution in [3.8, 4) is 0 Å². The van der Waals surface area contributed by atoms with Gasteiger partial charge in [-0.25, -0.2) is 0 Å². The second kappa shape index (κ2) is 8.89. The molecule has 2 aromatic rings. The number of carbonyl (C=O) groups is 3. The number of aliphatic carboxylic acids is 1. The molecule has 1 aliphatic heterocycles. The summed E-state index contributed by atoms with van der Waals surface area (Å²) in [7, 11) is 1.60. The van der Waals surface area contributed by atoms with Gasteiger partial charge < -0.3 is 14.9 Å². The maximum atomic E-state index is 12.8. The van der Waals surface area contributed by atoms with Crippen LogP contribution in [0.2, 0.25) is 0 Å². The Bertz CT molecular complexity index is 885. The Labute approximate surface area is 169 Å². The summed E-state index contributed by atoms with van der Waals surface area (Å²) in [6, 6.07) is 9.87. The number of carboxylic acid groups (broad SMARTS) is 1. The molecule has 0 spiro atoms. The van der Waals surface area contributed by atoms with E-state index in [0.717, 1.165) is 11.3 Å². The first-order chi connectivity index (χ1) is 13.9. The lowest BCUT2D eigenvalue weighted by Gasteiger charge is -2.31. The van der Waals surface area contributed by atoms with E-state index in [1.165, 1.54) is 4.90 Å². The normalized spacial score (nSPS) is 14.6. The molecule has 2 heterocycles. The van der Waals surface area contributed by atoms with Gasteiger partial charge in [0.2, 0.25) is 5.91 Å². The van der Waals surface area contributed by atoms with Gasteiger partial charge in [0.05, 0.1) is 30.8 Å². The molecule has 0 atom stereocenters. The molecule has 0 aliphatic carbocycles. The van der Waals surface area contributed by atoms with Crippen LogP contribution in [0.3, 0.4) is 0 Å². The van der Waals surface area contributed by atoms with Gasteiger partial charge in [-0.2, -0.15) is 5.10 Å². The lowest BCUT2D eigenvalue weighted by Crippen LogP contribution is -2.45. The van der Waals surface area contributed by atoms with Gasteiger partial charge in [-0.15, -0.1) is 0 Å². The van der Waals surface area contributed by atoms with Crippen molar-refractivity contribution in [2.45, 2.75) is 26.3 Å². The van der Waals surface area contributed by atoms with Gasteiger partial charge in [-0.05, 0) is 25.3 Å². The summed E-state index contributed by atoms with van der Waals surface area (Å²) in [5, 5.41) is 13.4. The minimum absolute atomic E-state index is 0.0418. The van der Waals surface area contributed by atoms with Crippen molar-refractivity contribution >= 4 is 17.8 Å². The molecule has 1 N–H and O–H groups in total. The van der Waals surface area contributed by atoms with E-state index in [1.54, 1.807) is 22.8 Å². The first-order valence-corrected chi connectivity index (χ1v) is 9.69. The number of hydrogen-bond acceptors (Lipinski definition) is 4. The van der Waals surface area contributed by atoms with Crippen LogP contribution in [0.1, 0.15) is 34.5 Å². The number of carboxylic acids is 1. The highest BCUT2D eigenvalue weighted by atomic mass is 16.4. The lowest BCUT2D eigenvalue weighted by atomic mass is 9.97. The summed E-state index contributed by atoms with van der Waals surface area (Å²) in [5.74, 6) is -1.63. The lowest BCUT2D eigenvalue weighted by molar-refractivity contribution is -0.145. The predicted molar refractivity (Wildman–Crippen MR) is 106 cm³/mol. The fourth-order valence-corrected chi connectivity index (χ4v) is 3.53. The van der Waals surface area contributed by atoms with Gasteiger partial charge in [0.1, 0.15) is 0 Å². The maximum absolute atomic E-state index is 12.8. The average molecular weight is 398 g/mol. The molecule has 8 heteroatoms. The number of rotatable bonds is 6. The summed E-state index contributed by atoms with van der Waals surface area (Å²) < 4.78 is 1.77. The monoisotopic (exact) mass is 398 g/mol. The molecule has 0 radical (unpaired) electrons. The molecule has 0 saturated carbocycles. The fourth-order valence-electron chi connectivity index (χ4n) is 3.53. The van der Waals surface area contributed by atoms with E-state index in [4.69, 9.17) is 5.11 Å².